The van der Waals surface area contributed by atoms with Crippen LogP contribution in [0.2, 0.25) is 0 Å². The second-order valence-corrected chi connectivity index (χ2v) is 10.6. The number of fused-ring (bicyclic) bond motifs is 1. The Morgan fingerprint density at radius 3 is 1.65 bits per heavy atom. The molecule has 0 radical (unpaired) electrons. The van der Waals surface area contributed by atoms with Gasteiger partial charge in [0.15, 0.2) is 5.60 Å². The molecule has 206 valence electrons. The minimum atomic E-state index is -1.29. The van der Waals surface area contributed by atoms with E-state index in [1.807, 2.05) is 84.0 Å². The summed E-state index contributed by atoms with van der Waals surface area (Å²) in [7, 11) is 0. The van der Waals surface area contributed by atoms with E-state index in [0.29, 0.717) is 22.6 Å². The lowest BCUT2D eigenvalue weighted by Gasteiger charge is -2.34. The van der Waals surface area contributed by atoms with E-state index in [1.54, 1.807) is 6.07 Å². The summed E-state index contributed by atoms with van der Waals surface area (Å²) in [6.45, 7) is 18.9. The average Bonchev–Trinajstić information content (AvgIpc) is 3.21. The summed E-state index contributed by atoms with van der Waals surface area (Å²) in [6.07, 6.45) is 2.25. The van der Waals surface area contributed by atoms with Crippen molar-refractivity contribution >= 4 is 17.9 Å². The zero-order valence-electron chi connectivity index (χ0n) is 23.8. The SMILES string of the molecule is C=CC(=O)Oc1cc(C)c(C2(c3cc(C(C)C)c(OC(=O)C=C)cc3C)OC(=O)c3ccccc32)cc1C(C)C. The van der Waals surface area contributed by atoms with Crippen LogP contribution in [-0.4, -0.2) is 17.9 Å². The maximum atomic E-state index is 13.4. The molecule has 1 heterocycles. The van der Waals surface area contributed by atoms with Crippen LogP contribution in [-0.2, 0) is 19.9 Å². The molecule has 0 fully saturated rings. The number of aryl methyl sites for hydroxylation is 2. The predicted molar refractivity (Wildman–Crippen MR) is 154 cm³/mol. The summed E-state index contributed by atoms with van der Waals surface area (Å²) < 4.78 is 17.6. The number of cyclic esters (lactones) is 1. The fourth-order valence-corrected chi connectivity index (χ4v) is 5.30. The largest absolute Gasteiger partial charge is 0.441 e. The van der Waals surface area contributed by atoms with Gasteiger partial charge in [-0.15, -0.1) is 0 Å². The lowest BCUT2D eigenvalue weighted by molar-refractivity contribution is -0.129. The van der Waals surface area contributed by atoms with E-state index in [4.69, 9.17) is 14.2 Å². The molecule has 0 saturated carbocycles. The third-order valence-electron chi connectivity index (χ3n) is 7.24. The normalized spacial score (nSPS) is 13.6. The third-order valence-corrected chi connectivity index (χ3v) is 7.24. The van der Waals surface area contributed by atoms with Crippen molar-refractivity contribution in [3.05, 3.63) is 118 Å². The van der Waals surface area contributed by atoms with E-state index in [0.717, 1.165) is 45.5 Å². The Morgan fingerprint density at radius 1 is 0.775 bits per heavy atom. The average molecular weight is 539 g/mol. The van der Waals surface area contributed by atoms with Crippen molar-refractivity contribution in [1.29, 1.82) is 0 Å². The summed E-state index contributed by atoms with van der Waals surface area (Å²) in [5.74, 6) is -0.697. The molecule has 6 heteroatoms. The Morgan fingerprint density at radius 2 is 1.23 bits per heavy atom. The lowest BCUT2D eigenvalue weighted by Crippen LogP contribution is -2.32. The molecule has 40 heavy (non-hydrogen) atoms. The molecule has 6 nitrogen and oxygen atoms in total. The number of esters is 3. The number of rotatable bonds is 8. The molecule has 0 bridgehead atoms. The highest BCUT2D eigenvalue weighted by atomic mass is 16.6. The molecule has 1 aliphatic heterocycles. The van der Waals surface area contributed by atoms with Gasteiger partial charge in [-0.1, -0.05) is 59.1 Å². The molecule has 0 N–H and O–H groups in total. The first kappa shape index (κ1) is 28.6. The summed E-state index contributed by atoms with van der Waals surface area (Å²) in [5, 5.41) is 0. The van der Waals surface area contributed by atoms with Gasteiger partial charge < -0.3 is 14.2 Å². The Balaban J connectivity index is 2.09. The second-order valence-electron chi connectivity index (χ2n) is 10.6. The molecular formula is C34H34O6. The van der Waals surface area contributed by atoms with Gasteiger partial charge in [-0.25, -0.2) is 14.4 Å². The number of benzene rings is 3. The highest BCUT2D eigenvalue weighted by Crippen LogP contribution is 2.51. The quantitative estimate of drug-likeness (QED) is 0.172. The van der Waals surface area contributed by atoms with Crippen LogP contribution >= 0.6 is 0 Å². The molecule has 3 aromatic rings. The predicted octanol–water partition coefficient (Wildman–Crippen LogP) is 7.20. The maximum absolute atomic E-state index is 13.4. The molecule has 0 amide bonds. The highest BCUT2D eigenvalue weighted by Gasteiger charge is 2.50. The smallest absolute Gasteiger partial charge is 0.340 e. The van der Waals surface area contributed by atoms with Gasteiger partial charge in [0.2, 0.25) is 0 Å². The van der Waals surface area contributed by atoms with Gasteiger partial charge >= 0.3 is 17.9 Å². The molecule has 4 rings (SSSR count). The van der Waals surface area contributed by atoms with Gasteiger partial charge in [-0.2, -0.15) is 0 Å². The van der Waals surface area contributed by atoms with Crippen LogP contribution in [0.4, 0.5) is 0 Å². The molecule has 0 aromatic heterocycles. The summed E-state index contributed by atoms with van der Waals surface area (Å²) in [4.78, 5) is 37.7. The van der Waals surface area contributed by atoms with Gasteiger partial charge in [-0.05, 0) is 78.3 Å². The molecule has 0 unspecified atom stereocenters. The van der Waals surface area contributed by atoms with Crippen LogP contribution < -0.4 is 9.47 Å². The number of ether oxygens (including phenoxy) is 3. The third kappa shape index (κ3) is 4.86. The van der Waals surface area contributed by atoms with Gasteiger partial charge in [0.1, 0.15) is 11.5 Å². The zero-order valence-corrected chi connectivity index (χ0v) is 23.8. The van der Waals surface area contributed by atoms with Crippen molar-refractivity contribution in [3.63, 3.8) is 0 Å². The molecule has 3 aromatic carbocycles. The minimum Gasteiger partial charge on any atom is -0.441 e. The van der Waals surface area contributed by atoms with Crippen LogP contribution in [0.5, 0.6) is 11.5 Å². The monoisotopic (exact) mass is 538 g/mol. The lowest BCUT2D eigenvalue weighted by atomic mass is 9.74. The fraction of sp³-hybridized carbons (Fsp3) is 0.265. The van der Waals surface area contributed by atoms with E-state index >= 15 is 0 Å². The maximum Gasteiger partial charge on any atom is 0.340 e. The standard InChI is InChI=1S/C34H34O6/c1-9-31(35)38-29-15-21(7)27(17-24(29)19(3)4)34(26-14-12-11-13-23(26)33(37)40-34)28-18-25(20(5)6)30(16-22(28)8)39-32(36)10-2/h9-20H,1-2H2,3-8H3. The number of carbonyl (C=O) groups excluding carboxylic acids is 3. The summed E-state index contributed by atoms with van der Waals surface area (Å²) in [5.41, 5.74) is 4.51. The van der Waals surface area contributed by atoms with Crippen molar-refractivity contribution in [2.75, 3.05) is 0 Å². The van der Waals surface area contributed by atoms with E-state index in [-0.39, 0.29) is 11.8 Å². The highest BCUT2D eigenvalue weighted by molar-refractivity contribution is 5.96. The topological polar surface area (TPSA) is 78.9 Å². The van der Waals surface area contributed by atoms with E-state index < -0.39 is 23.5 Å². The van der Waals surface area contributed by atoms with Gasteiger partial charge in [0.05, 0.1) is 5.56 Å². The number of hydrogen-bond acceptors (Lipinski definition) is 6. The second kappa shape index (κ2) is 11.0. The summed E-state index contributed by atoms with van der Waals surface area (Å²) in [6, 6.07) is 14.9. The minimum absolute atomic E-state index is 0.00984. The molecule has 0 spiro atoms. The van der Waals surface area contributed by atoms with E-state index in [1.165, 1.54) is 0 Å². The van der Waals surface area contributed by atoms with Crippen molar-refractivity contribution in [1.82, 2.24) is 0 Å². The molecule has 0 atom stereocenters. The van der Waals surface area contributed by atoms with Crippen molar-refractivity contribution in [3.8, 4) is 11.5 Å². The van der Waals surface area contributed by atoms with Crippen LogP contribution in [0.25, 0.3) is 0 Å². The van der Waals surface area contributed by atoms with Crippen LogP contribution in [0.15, 0.2) is 73.8 Å². The number of carbonyl (C=O) groups is 3. The molecular weight excluding hydrogens is 504 g/mol. The first-order valence-electron chi connectivity index (χ1n) is 13.3. The molecule has 1 aliphatic rings. The van der Waals surface area contributed by atoms with Crippen LogP contribution in [0.1, 0.15) is 88.8 Å². The fourth-order valence-electron chi connectivity index (χ4n) is 5.30. The summed E-state index contributed by atoms with van der Waals surface area (Å²) >= 11 is 0. The Kier molecular flexibility index (Phi) is 7.83. The Hall–Kier alpha value is -4.45. The Labute approximate surface area is 235 Å². The van der Waals surface area contributed by atoms with Gasteiger partial charge in [0.25, 0.3) is 0 Å². The van der Waals surface area contributed by atoms with Crippen LogP contribution in [0, 0.1) is 13.8 Å². The van der Waals surface area contributed by atoms with Gasteiger partial charge in [0, 0.05) is 28.8 Å². The van der Waals surface area contributed by atoms with Crippen molar-refractivity contribution < 1.29 is 28.6 Å². The van der Waals surface area contributed by atoms with Crippen LogP contribution in [0.3, 0.4) is 0 Å². The first-order valence-corrected chi connectivity index (χ1v) is 13.3. The van der Waals surface area contributed by atoms with Crippen molar-refractivity contribution in [2.24, 2.45) is 0 Å². The first-order chi connectivity index (χ1) is 18.9. The van der Waals surface area contributed by atoms with E-state index in [9.17, 15) is 14.4 Å². The molecule has 0 saturated heterocycles. The Bertz CT molecular complexity index is 1460. The zero-order chi connectivity index (χ0) is 29.4. The number of hydrogen-bond donors (Lipinski definition) is 0. The van der Waals surface area contributed by atoms with E-state index in [2.05, 4.69) is 13.2 Å². The van der Waals surface area contributed by atoms with Crippen molar-refractivity contribution in [2.45, 2.75) is 59.0 Å². The van der Waals surface area contributed by atoms with Gasteiger partial charge in [-0.3, -0.25) is 0 Å². The molecule has 0 aliphatic carbocycles.